The number of ether oxygens (including phenoxy) is 1. The van der Waals surface area contributed by atoms with E-state index in [1.807, 2.05) is 6.92 Å². The molecule has 0 radical (unpaired) electrons. The van der Waals surface area contributed by atoms with Gasteiger partial charge >= 0.3 is 5.97 Å². The summed E-state index contributed by atoms with van der Waals surface area (Å²) in [4.78, 5) is 25.2. The summed E-state index contributed by atoms with van der Waals surface area (Å²) in [5.74, 6) is -1.44. The number of β-amino-alcohol motifs (C(OH)–C–C–N with tert-alkyl or cyclic N) is 1. The number of sulfonamides is 1. The van der Waals surface area contributed by atoms with Crippen molar-refractivity contribution >= 4 is 33.5 Å². The summed E-state index contributed by atoms with van der Waals surface area (Å²) >= 11 is 6.08. The van der Waals surface area contributed by atoms with Gasteiger partial charge in [0.2, 0.25) is 10.0 Å². The van der Waals surface area contributed by atoms with Gasteiger partial charge in [0.1, 0.15) is 6.04 Å². The molecule has 0 bridgehead atoms. The Hall–Kier alpha value is -2.46. The Balaban J connectivity index is 1.69. The first-order valence-corrected chi connectivity index (χ1v) is 12.3. The Morgan fingerprint density at radius 3 is 2.58 bits per heavy atom. The summed E-state index contributed by atoms with van der Waals surface area (Å²) in [7, 11) is -4.05. The maximum Gasteiger partial charge on any atom is 0.325 e. The second kappa shape index (κ2) is 10.2. The quantitative estimate of drug-likeness (QED) is 0.571. The standard InChI is InChI=1S/C23H27ClN2O6S/c1-14-8-9-19(10-15(14)2)33(30,31)26-13-18(27)11-21(26)23(29)32-16(3)22(28)25-12-17-6-4-5-7-20(17)24/h4-10,16,18,21,27H,11-13H2,1-3H3,(H,25,28)/t16?,18?,21-/m0/s1. The number of aliphatic hydroxyl groups excluding tert-OH is 1. The van der Waals surface area contributed by atoms with Gasteiger partial charge in [-0.25, -0.2) is 8.42 Å². The Morgan fingerprint density at radius 2 is 1.91 bits per heavy atom. The number of hydrogen-bond donors (Lipinski definition) is 2. The minimum atomic E-state index is -4.05. The fourth-order valence-corrected chi connectivity index (χ4v) is 5.46. The topological polar surface area (TPSA) is 113 Å². The average Bonchev–Trinajstić information content (AvgIpc) is 3.17. The average molecular weight is 495 g/mol. The van der Waals surface area contributed by atoms with Crippen molar-refractivity contribution in [1.82, 2.24) is 9.62 Å². The Kier molecular flexibility index (Phi) is 7.79. The number of esters is 1. The number of hydrogen-bond acceptors (Lipinski definition) is 6. The van der Waals surface area contributed by atoms with Crippen molar-refractivity contribution in [1.29, 1.82) is 0 Å². The van der Waals surface area contributed by atoms with Crippen LogP contribution >= 0.6 is 11.6 Å². The summed E-state index contributed by atoms with van der Waals surface area (Å²) < 4.78 is 32.6. The molecule has 178 valence electrons. The number of rotatable bonds is 7. The van der Waals surface area contributed by atoms with Crippen molar-refractivity contribution < 1.29 is 27.9 Å². The Labute approximate surface area is 198 Å². The van der Waals surface area contributed by atoms with Crippen molar-refractivity contribution in [2.75, 3.05) is 6.54 Å². The molecule has 1 saturated heterocycles. The SMILES string of the molecule is Cc1ccc(S(=O)(=O)N2CC(O)C[C@H]2C(=O)OC(C)C(=O)NCc2ccccc2Cl)cc1C. The maximum absolute atomic E-state index is 13.2. The van der Waals surface area contributed by atoms with E-state index < -0.39 is 40.1 Å². The van der Waals surface area contributed by atoms with Gasteiger partial charge in [0, 0.05) is 24.5 Å². The molecule has 1 aliphatic heterocycles. The molecule has 0 saturated carbocycles. The number of nitrogens with zero attached hydrogens (tertiary/aromatic N) is 1. The second-order valence-electron chi connectivity index (χ2n) is 8.11. The predicted molar refractivity (Wildman–Crippen MR) is 123 cm³/mol. The zero-order valence-corrected chi connectivity index (χ0v) is 20.2. The Bertz CT molecular complexity index is 1150. The Morgan fingerprint density at radius 1 is 1.21 bits per heavy atom. The third-order valence-corrected chi connectivity index (χ3v) is 7.90. The molecule has 3 atom stereocenters. The molecule has 2 aromatic carbocycles. The lowest BCUT2D eigenvalue weighted by Gasteiger charge is -2.24. The maximum atomic E-state index is 13.2. The lowest BCUT2D eigenvalue weighted by atomic mass is 10.1. The molecule has 1 heterocycles. The van der Waals surface area contributed by atoms with Crippen molar-refractivity contribution in [2.45, 2.75) is 56.9 Å². The molecule has 1 fully saturated rings. The normalized spacial score (nSPS) is 19.8. The fraction of sp³-hybridized carbons (Fsp3) is 0.391. The molecule has 0 aliphatic carbocycles. The van der Waals surface area contributed by atoms with Gasteiger partial charge in [-0.05, 0) is 55.7 Å². The minimum absolute atomic E-state index is 0.0306. The molecule has 0 aromatic heterocycles. The molecule has 10 heteroatoms. The first-order valence-electron chi connectivity index (χ1n) is 10.5. The highest BCUT2D eigenvalue weighted by molar-refractivity contribution is 7.89. The highest BCUT2D eigenvalue weighted by Crippen LogP contribution is 2.28. The summed E-state index contributed by atoms with van der Waals surface area (Å²) in [6.07, 6.45) is -2.30. The first kappa shape index (κ1) is 25.2. The van der Waals surface area contributed by atoms with E-state index in [0.717, 1.165) is 15.4 Å². The van der Waals surface area contributed by atoms with Crippen molar-refractivity contribution in [3.05, 3.63) is 64.2 Å². The van der Waals surface area contributed by atoms with Crippen LogP contribution in [0.1, 0.15) is 30.0 Å². The zero-order chi connectivity index (χ0) is 24.3. The number of nitrogens with one attached hydrogen (secondary N) is 1. The number of amides is 1. The van der Waals surface area contributed by atoms with Gasteiger partial charge in [0.05, 0.1) is 11.0 Å². The van der Waals surface area contributed by atoms with Crippen LogP contribution in [0, 0.1) is 13.8 Å². The van der Waals surface area contributed by atoms with Crippen LogP contribution in [0.15, 0.2) is 47.4 Å². The van der Waals surface area contributed by atoms with Crippen molar-refractivity contribution in [3.63, 3.8) is 0 Å². The number of carbonyl (C=O) groups excluding carboxylic acids is 2. The van der Waals surface area contributed by atoms with Crippen LogP contribution in [0.3, 0.4) is 0 Å². The van der Waals surface area contributed by atoms with Crippen LogP contribution in [0.4, 0.5) is 0 Å². The third kappa shape index (κ3) is 5.73. The largest absolute Gasteiger partial charge is 0.451 e. The highest BCUT2D eigenvalue weighted by Gasteiger charge is 2.45. The van der Waals surface area contributed by atoms with Crippen LogP contribution in [0.25, 0.3) is 0 Å². The van der Waals surface area contributed by atoms with Gasteiger partial charge in [-0.2, -0.15) is 4.31 Å². The molecule has 1 amide bonds. The van der Waals surface area contributed by atoms with E-state index in [1.165, 1.54) is 19.1 Å². The van der Waals surface area contributed by atoms with Crippen LogP contribution in [0.5, 0.6) is 0 Å². The monoisotopic (exact) mass is 494 g/mol. The van der Waals surface area contributed by atoms with Gasteiger partial charge in [-0.1, -0.05) is 35.9 Å². The van der Waals surface area contributed by atoms with E-state index >= 15 is 0 Å². The number of aliphatic hydroxyl groups is 1. The summed E-state index contributed by atoms with van der Waals surface area (Å²) in [6.45, 7) is 4.97. The highest BCUT2D eigenvalue weighted by atomic mass is 35.5. The summed E-state index contributed by atoms with van der Waals surface area (Å²) in [5.41, 5.74) is 2.43. The smallest absolute Gasteiger partial charge is 0.325 e. The molecule has 1 aliphatic rings. The van der Waals surface area contributed by atoms with E-state index in [9.17, 15) is 23.1 Å². The number of aryl methyl sites for hydroxylation is 2. The predicted octanol–water partition coefficient (Wildman–Crippen LogP) is 2.33. The van der Waals surface area contributed by atoms with Gasteiger partial charge in [0.15, 0.2) is 6.10 Å². The van der Waals surface area contributed by atoms with E-state index in [2.05, 4.69) is 5.32 Å². The van der Waals surface area contributed by atoms with Crippen LogP contribution in [-0.4, -0.2) is 54.5 Å². The van der Waals surface area contributed by atoms with E-state index in [0.29, 0.717) is 10.6 Å². The van der Waals surface area contributed by atoms with Crippen LogP contribution in [-0.2, 0) is 30.9 Å². The van der Waals surface area contributed by atoms with Crippen molar-refractivity contribution in [3.8, 4) is 0 Å². The van der Waals surface area contributed by atoms with E-state index in [-0.39, 0.29) is 24.4 Å². The minimum Gasteiger partial charge on any atom is -0.451 e. The van der Waals surface area contributed by atoms with Crippen molar-refractivity contribution in [2.24, 2.45) is 0 Å². The molecule has 3 rings (SSSR count). The van der Waals surface area contributed by atoms with Gasteiger partial charge in [0.25, 0.3) is 5.91 Å². The second-order valence-corrected chi connectivity index (χ2v) is 10.4. The summed E-state index contributed by atoms with van der Waals surface area (Å²) in [5, 5.41) is 13.2. The zero-order valence-electron chi connectivity index (χ0n) is 18.6. The van der Waals surface area contributed by atoms with E-state index in [4.69, 9.17) is 16.3 Å². The third-order valence-electron chi connectivity index (χ3n) is 5.66. The number of carbonyl (C=O) groups is 2. The number of halogens is 1. The molecule has 8 nitrogen and oxygen atoms in total. The first-order chi connectivity index (χ1) is 15.5. The summed E-state index contributed by atoms with van der Waals surface area (Å²) in [6, 6.07) is 10.5. The molecule has 2 aromatic rings. The molecule has 2 N–H and O–H groups in total. The van der Waals surface area contributed by atoms with Gasteiger partial charge < -0.3 is 15.2 Å². The number of benzene rings is 2. The van der Waals surface area contributed by atoms with Gasteiger partial charge in [-0.15, -0.1) is 0 Å². The van der Waals surface area contributed by atoms with Crippen LogP contribution in [0.2, 0.25) is 5.02 Å². The molecule has 0 spiro atoms. The molecular formula is C23H27ClN2O6S. The molecular weight excluding hydrogens is 468 g/mol. The molecule has 2 unspecified atom stereocenters. The lowest BCUT2D eigenvalue weighted by Crippen LogP contribution is -2.44. The lowest BCUT2D eigenvalue weighted by molar-refractivity contribution is -0.158. The van der Waals surface area contributed by atoms with Crippen LogP contribution < -0.4 is 5.32 Å². The van der Waals surface area contributed by atoms with Gasteiger partial charge in [-0.3, -0.25) is 9.59 Å². The van der Waals surface area contributed by atoms with E-state index in [1.54, 1.807) is 37.3 Å². The molecule has 33 heavy (non-hydrogen) atoms. The fourth-order valence-electron chi connectivity index (χ4n) is 3.55.